The van der Waals surface area contributed by atoms with E-state index in [0.717, 1.165) is 6.42 Å². The van der Waals surface area contributed by atoms with Gasteiger partial charge in [0.15, 0.2) is 0 Å². The van der Waals surface area contributed by atoms with Crippen molar-refractivity contribution in [2.75, 3.05) is 0 Å². The molecule has 0 fully saturated rings. The molecule has 220 valence electrons. The molecule has 0 aliphatic heterocycles. The first-order valence-corrected chi connectivity index (χ1v) is 15.7. The van der Waals surface area contributed by atoms with E-state index < -0.39 is 0 Å². The average molecular weight is 691 g/mol. The number of hydrogen-bond acceptors (Lipinski definition) is 0. The minimum Gasteiger partial charge on any atom is -0.126 e. The van der Waals surface area contributed by atoms with E-state index in [-0.39, 0.29) is 24.8 Å². The molecular weight excluding hydrogens is 655 g/mol. The van der Waals surface area contributed by atoms with E-state index in [9.17, 15) is 0 Å². The first-order chi connectivity index (χ1) is 20.4. The Hall–Kier alpha value is -3.22. The summed E-state index contributed by atoms with van der Waals surface area (Å²) < 4.78 is 1.42. The smallest absolute Gasteiger partial charge is 0.0771 e. The van der Waals surface area contributed by atoms with E-state index in [2.05, 4.69) is 167 Å². The standard InChI is InChI=1S/C15H17.C13H9.C13H10.2ClH.Zr/c1-10-9-15(14-7-5-6-8-14)13(4)12(3)11(10)2;1-3-7-12-10(5-1)9-11-6-2-4-8-13(11)12;1-3-7-12(8-4-1)11-13-9-5-2-6-10-13;;;/h5,7,9H,6H2,1-4H3;1-9H;1-10H;2*1H;/q2*-1;;;;+2/p-2. The number of halogens is 2. The Labute approximate surface area is 290 Å². The third-order valence-electron chi connectivity index (χ3n) is 8.11. The number of hydrogen-bond donors (Lipinski definition) is 0. The van der Waals surface area contributed by atoms with Crippen LogP contribution in [-0.2, 0) is 24.2 Å². The van der Waals surface area contributed by atoms with Crippen molar-refractivity contribution in [3.05, 3.63) is 178 Å². The summed E-state index contributed by atoms with van der Waals surface area (Å²) in [5, 5.41) is 5.39. The molecule has 0 amide bonds. The third kappa shape index (κ3) is 8.28. The SMILES string of the molecule is Cc1cc(C2=[C-]CC=C2)c(C)c(C)c1C.[Cl-].[Cl-].[Zr+2]=[C](c1ccccc1)c1ccccc1.c1ccc2c(c1)[cH-]c1ccccc12. The number of rotatable bonds is 3. The Kier molecular flexibility index (Phi) is 13.4. The zero-order valence-corrected chi connectivity index (χ0v) is 29.6. The van der Waals surface area contributed by atoms with Gasteiger partial charge in [0.2, 0.25) is 0 Å². The molecular formula is C41H36Cl2Zr-2. The van der Waals surface area contributed by atoms with Crippen LogP contribution < -0.4 is 24.8 Å². The molecule has 0 spiro atoms. The fourth-order valence-electron chi connectivity index (χ4n) is 5.36. The zero-order valence-electron chi connectivity index (χ0n) is 25.7. The second-order valence-corrected chi connectivity index (χ2v) is 12.0. The number of benzene rings is 5. The quantitative estimate of drug-likeness (QED) is 0.239. The molecule has 0 unspecified atom stereocenters. The molecule has 6 aromatic carbocycles. The number of aryl methyl sites for hydroxylation is 1. The molecule has 0 saturated carbocycles. The van der Waals surface area contributed by atoms with E-state index >= 15 is 0 Å². The molecule has 0 N–H and O–H groups in total. The van der Waals surface area contributed by atoms with E-state index in [1.165, 1.54) is 93.5 Å². The minimum atomic E-state index is 0. The molecule has 3 heteroatoms. The van der Waals surface area contributed by atoms with Gasteiger partial charge >= 0.3 is 99.2 Å². The summed E-state index contributed by atoms with van der Waals surface area (Å²) in [4.78, 5) is 0. The Morgan fingerprint density at radius 3 is 1.57 bits per heavy atom. The molecule has 0 nitrogen and oxygen atoms in total. The second-order valence-electron chi connectivity index (χ2n) is 10.7. The van der Waals surface area contributed by atoms with Crippen molar-refractivity contribution in [3.8, 4) is 0 Å². The van der Waals surface area contributed by atoms with E-state index in [1.54, 1.807) is 0 Å². The summed E-state index contributed by atoms with van der Waals surface area (Å²) in [6, 6.07) is 42.7. The van der Waals surface area contributed by atoms with Crippen molar-refractivity contribution in [1.82, 2.24) is 0 Å². The van der Waals surface area contributed by atoms with Gasteiger partial charge in [-0.15, -0.1) is 57.4 Å². The van der Waals surface area contributed by atoms with Gasteiger partial charge in [-0.3, -0.25) is 0 Å². The third-order valence-corrected chi connectivity index (χ3v) is 9.53. The van der Waals surface area contributed by atoms with E-state index in [1.807, 2.05) is 0 Å². The molecule has 44 heavy (non-hydrogen) atoms. The van der Waals surface area contributed by atoms with E-state index in [0.29, 0.717) is 0 Å². The topological polar surface area (TPSA) is 0 Å². The van der Waals surface area contributed by atoms with Crippen LogP contribution in [0.4, 0.5) is 0 Å². The molecule has 0 aromatic heterocycles. The van der Waals surface area contributed by atoms with E-state index in [4.69, 9.17) is 0 Å². The summed E-state index contributed by atoms with van der Waals surface area (Å²) in [5.41, 5.74) is 10.9. The van der Waals surface area contributed by atoms with Gasteiger partial charge in [0, 0.05) is 0 Å². The predicted octanol–water partition coefficient (Wildman–Crippen LogP) is 4.59. The van der Waals surface area contributed by atoms with Gasteiger partial charge in [-0.2, -0.15) is 17.7 Å². The molecule has 0 saturated heterocycles. The largest absolute Gasteiger partial charge is 0.126 e. The van der Waals surface area contributed by atoms with Crippen molar-refractivity contribution in [3.63, 3.8) is 0 Å². The first-order valence-electron chi connectivity index (χ1n) is 14.5. The molecule has 0 radical (unpaired) electrons. The van der Waals surface area contributed by atoms with Crippen LogP contribution in [0, 0.1) is 33.8 Å². The van der Waals surface area contributed by atoms with Crippen LogP contribution in [0.25, 0.3) is 27.1 Å². The van der Waals surface area contributed by atoms with Crippen molar-refractivity contribution in [2.45, 2.75) is 34.1 Å². The molecule has 1 aliphatic rings. The molecule has 0 bridgehead atoms. The summed E-state index contributed by atoms with van der Waals surface area (Å²) in [7, 11) is 0. The summed E-state index contributed by atoms with van der Waals surface area (Å²) in [6.07, 6.45) is 8.70. The fraction of sp³-hybridized carbons (Fsp3) is 0.122. The summed E-state index contributed by atoms with van der Waals surface area (Å²) in [5.74, 6) is 0. The fourth-order valence-corrected chi connectivity index (χ4v) is 6.18. The molecule has 1 aliphatic carbocycles. The average Bonchev–Trinajstić information content (AvgIpc) is 3.72. The van der Waals surface area contributed by atoms with Crippen molar-refractivity contribution in [2.24, 2.45) is 0 Å². The Morgan fingerprint density at radius 2 is 1.09 bits per heavy atom. The number of allylic oxidation sites excluding steroid dienone is 4. The van der Waals surface area contributed by atoms with Crippen molar-refractivity contribution in [1.29, 1.82) is 0 Å². The van der Waals surface area contributed by atoms with Crippen LogP contribution in [0.2, 0.25) is 0 Å². The second kappa shape index (κ2) is 16.7. The first kappa shape index (κ1) is 35.3. The maximum atomic E-state index is 3.39. The minimum absolute atomic E-state index is 0. The molecule has 6 aromatic rings. The monoisotopic (exact) mass is 688 g/mol. The Balaban J connectivity index is 0.000000177. The summed E-state index contributed by atoms with van der Waals surface area (Å²) >= 11 is 1.46. The van der Waals surface area contributed by atoms with Crippen LogP contribution in [0.5, 0.6) is 0 Å². The Morgan fingerprint density at radius 1 is 0.614 bits per heavy atom. The van der Waals surface area contributed by atoms with Crippen LogP contribution in [0.3, 0.4) is 0 Å². The van der Waals surface area contributed by atoms with Crippen LogP contribution >= 0.6 is 0 Å². The Bertz CT molecular complexity index is 1800. The van der Waals surface area contributed by atoms with Gasteiger partial charge in [-0.05, 0) is 26.3 Å². The van der Waals surface area contributed by atoms with Crippen molar-refractivity contribution < 1.29 is 49.0 Å². The van der Waals surface area contributed by atoms with Crippen molar-refractivity contribution >= 4 is 30.3 Å². The van der Waals surface area contributed by atoms with Gasteiger partial charge in [0.1, 0.15) is 0 Å². The molecule has 7 rings (SSSR count). The molecule has 0 heterocycles. The summed E-state index contributed by atoms with van der Waals surface area (Å²) in [6.45, 7) is 8.80. The maximum Gasteiger partial charge on any atom is -0.0771 e. The van der Waals surface area contributed by atoms with Gasteiger partial charge in [-0.25, -0.2) is 0 Å². The normalized spacial score (nSPS) is 11.4. The van der Waals surface area contributed by atoms with Gasteiger partial charge < -0.3 is 24.8 Å². The predicted molar refractivity (Wildman–Crippen MR) is 179 cm³/mol. The zero-order chi connectivity index (χ0) is 29.5. The number of fused-ring (bicyclic) bond motifs is 3. The van der Waals surface area contributed by atoms with Crippen LogP contribution in [-0.4, -0.2) is 3.21 Å². The van der Waals surface area contributed by atoms with Crippen LogP contribution in [0.15, 0.2) is 133 Å². The maximum absolute atomic E-state index is 3.39. The molecule has 0 atom stereocenters. The van der Waals surface area contributed by atoms with Gasteiger partial charge in [0.05, 0.1) is 0 Å². The van der Waals surface area contributed by atoms with Gasteiger partial charge in [-0.1, -0.05) is 66.4 Å². The van der Waals surface area contributed by atoms with Gasteiger partial charge in [0.25, 0.3) is 0 Å². The van der Waals surface area contributed by atoms with Crippen LogP contribution in [0.1, 0.15) is 45.4 Å².